The molecule has 6 nitrogen and oxygen atoms in total. The van der Waals surface area contributed by atoms with Crippen LogP contribution in [0.15, 0.2) is 18.6 Å². The molecule has 108 valence electrons. The standard InChI is InChI=1S/C14H21N5O/c1-3-15-12-10-19-7-5-16-13(19)14(17-12)18-6-4-8-20-11(2)9-18/h5,7,10-11,15H,3-4,6,8-9H2,1-2H3. The van der Waals surface area contributed by atoms with Crippen molar-refractivity contribution in [3.05, 3.63) is 18.6 Å². The van der Waals surface area contributed by atoms with Gasteiger partial charge in [0.05, 0.1) is 12.3 Å². The first-order valence-corrected chi connectivity index (χ1v) is 7.22. The van der Waals surface area contributed by atoms with Crippen molar-refractivity contribution in [1.82, 2.24) is 14.4 Å². The van der Waals surface area contributed by atoms with Gasteiger partial charge in [0.25, 0.3) is 0 Å². The van der Waals surface area contributed by atoms with Gasteiger partial charge in [-0.15, -0.1) is 0 Å². The molecule has 0 amide bonds. The lowest BCUT2D eigenvalue weighted by atomic mass is 10.3. The first-order chi connectivity index (χ1) is 9.78. The monoisotopic (exact) mass is 275 g/mol. The molecule has 0 aromatic carbocycles. The van der Waals surface area contributed by atoms with Crippen LogP contribution in [0.4, 0.5) is 11.6 Å². The highest BCUT2D eigenvalue weighted by Crippen LogP contribution is 2.22. The normalized spacial score (nSPS) is 20.1. The van der Waals surface area contributed by atoms with Crippen molar-refractivity contribution in [3.8, 4) is 0 Å². The molecule has 1 atom stereocenters. The minimum atomic E-state index is 0.220. The fourth-order valence-electron chi connectivity index (χ4n) is 2.58. The van der Waals surface area contributed by atoms with E-state index < -0.39 is 0 Å². The van der Waals surface area contributed by atoms with Crippen LogP contribution in [0.3, 0.4) is 0 Å². The van der Waals surface area contributed by atoms with Crippen LogP contribution >= 0.6 is 0 Å². The van der Waals surface area contributed by atoms with E-state index in [1.54, 1.807) is 0 Å². The van der Waals surface area contributed by atoms with Crippen molar-refractivity contribution in [1.29, 1.82) is 0 Å². The third-order valence-corrected chi connectivity index (χ3v) is 3.47. The smallest absolute Gasteiger partial charge is 0.180 e. The SMILES string of the molecule is CCNc1cn2ccnc2c(N2CCCOC(C)C2)n1. The molecule has 1 N–H and O–H groups in total. The summed E-state index contributed by atoms with van der Waals surface area (Å²) in [6, 6.07) is 0. The van der Waals surface area contributed by atoms with Crippen LogP contribution in [0.2, 0.25) is 0 Å². The number of fused-ring (bicyclic) bond motifs is 1. The van der Waals surface area contributed by atoms with Gasteiger partial charge in [0.1, 0.15) is 5.82 Å². The number of aromatic nitrogens is 3. The molecule has 0 saturated carbocycles. The van der Waals surface area contributed by atoms with Crippen molar-refractivity contribution in [2.45, 2.75) is 26.4 Å². The summed E-state index contributed by atoms with van der Waals surface area (Å²) in [7, 11) is 0. The van der Waals surface area contributed by atoms with E-state index in [2.05, 4.69) is 29.0 Å². The molecule has 0 bridgehead atoms. The molecule has 0 aliphatic carbocycles. The largest absolute Gasteiger partial charge is 0.377 e. The molecular formula is C14H21N5O. The number of rotatable bonds is 3. The fourth-order valence-corrected chi connectivity index (χ4v) is 2.58. The molecule has 3 heterocycles. The second kappa shape index (κ2) is 5.66. The number of hydrogen-bond donors (Lipinski definition) is 1. The topological polar surface area (TPSA) is 54.7 Å². The molecule has 6 heteroatoms. The molecule has 0 spiro atoms. The number of ether oxygens (including phenoxy) is 1. The van der Waals surface area contributed by atoms with Crippen molar-refractivity contribution in [2.24, 2.45) is 0 Å². The second-order valence-electron chi connectivity index (χ2n) is 5.12. The fraction of sp³-hybridized carbons (Fsp3) is 0.571. The molecule has 1 aliphatic heterocycles. The van der Waals surface area contributed by atoms with Gasteiger partial charge >= 0.3 is 0 Å². The minimum Gasteiger partial charge on any atom is -0.377 e. The highest BCUT2D eigenvalue weighted by Gasteiger charge is 2.20. The van der Waals surface area contributed by atoms with Gasteiger partial charge in [-0.3, -0.25) is 0 Å². The highest BCUT2D eigenvalue weighted by atomic mass is 16.5. The summed E-state index contributed by atoms with van der Waals surface area (Å²) in [5.74, 6) is 1.82. The van der Waals surface area contributed by atoms with Gasteiger partial charge in [-0.05, 0) is 20.3 Å². The molecule has 1 fully saturated rings. The Balaban J connectivity index is 2.01. The molecule has 20 heavy (non-hydrogen) atoms. The van der Waals surface area contributed by atoms with Crippen LogP contribution in [0.25, 0.3) is 5.65 Å². The van der Waals surface area contributed by atoms with Crippen LogP contribution < -0.4 is 10.2 Å². The lowest BCUT2D eigenvalue weighted by Gasteiger charge is -2.24. The average molecular weight is 275 g/mol. The maximum absolute atomic E-state index is 5.71. The van der Waals surface area contributed by atoms with Crippen LogP contribution in [0.1, 0.15) is 20.3 Å². The molecule has 2 aromatic heterocycles. The first kappa shape index (κ1) is 13.2. The Labute approximate surface area is 118 Å². The number of nitrogens with zero attached hydrogens (tertiary/aromatic N) is 4. The van der Waals surface area contributed by atoms with E-state index in [0.717, 1.165) is 49.9 Å². The second-order valence-corrected chi connectivity index (χ2v) is 5.12. The Kier molecular flexibility index (Phi) is 3.73. The predicted octanol–water partition coefficient (Wildman–Crippen LogP) is 1.78. The Morgan fingerprint density at radius 3 is 3.25 bits per heavy atom. The molecule has 1 unspecified atom stereocenters. The maximum atomic E-state index is 5.71. The van der Waals surface area contributed by atoms with E-state index in [9.17, 15) is 0 Å². The zero-order valence-electron chi connectivity index (χ0n) is 12.0. The Morgan fingerprint density at radius 2 is 2.40 bits per heavy atom. The van der Waals surface area contributed by atoms with Gasteiger partial charge in [0.2, 0.25) is 0 Å². The first-order valence-electron chi connectivity index (χ1n) is 7.22. The summed E-state index contributed by atoms with van der Waals surface area (Å²) in [4.78, 5) is 11.5. The zero-order chi connectivity index (χ0) is 13.9. The number of anilines is 2. The van der Waals surface area contributed by atoms with Gasteiger partial charge in [0.15, 0.2) is 11.5 Å². The van der Waals surface area contributed by atoms with Gasteiger partial charge in [0, 0.05) is 38.6 Å². The van der Waals surface area contributed by atoms with E-state index in [1.165, 1.54) is 0 Å². The van der Waals surface area contributed by atoms with Crippen LogP contribution in [0.5, 0.6) is 0 Å². The van der Waals surface area contributed by atoms with E-state index in [0.29, 0.717) is 0 Å². The van der Waals surface area contributed by atoms with E-state index >= 15 is 0 Å². The highest BCUT2D eigenvalue weighted by molar-refractivity contribution is 5.67. The zero-order valence-corrected chi connectivity index (χ0v) is 12.0. The summed E-state index contributed by atoms with van der Waals surface area (Å²) < 4.78 is 7.74. The van der Waals surface area contributed by atoms with Gasteiger partial charge < -0.3 is 19.4 Å². The molecular weight excluding hydrogens is 254 g/mol. The van der Waals surface area contributed by atoms with Gasteiger partial charge in [-0.25, -0.2) is 9.97 Å². The number of imidazole rings is 1. The summed E-state index contributed by atoms with van der Waals surface area (Å²) >= 11 is 0. The Morgan fingerprint density at radius 1 is 1.50 bits per heavy atom. The summed E-state index contributed by atoms with van der Waals surface area (Å²) in [6.07, 6.45) is 6.99. The lowest BCUT2D eigenvalue weighted by Crippen LogP contribution is -2.31. The van der Waals surface area contributed by atoms with Gasteiger partial charge in [-0.1, -0.05) is 0 Å². The van der Waals surface area contributed by atoms with E-state index in [4.69, 9.17) is 9.72 Å². The Hall–Kier alpha value is -1.82. The quantitative estimate of drug-likeness (QED) is 0.925. The van der Waals surface area contributed by atoms with Crippen molar-refractivity contribution in [3.63, 3.8) is 0 Å². The minimum absolute atomic E-state index is 0.220. The van der Waals surface area contributed by atoms with Crippen LogP contribution in [-0.2, 0) is 4.74 Å². The molecule has 1 aliphatic rings. The maximum Gasteiger partial charge on any atom is 0.180 e. The van der Waals surface area contributed by atoms with Gasteiger partial charge in [-0.2, -0.15) is 0 Å². The van der Waals surface area contributed by atoms with Crippen molar-refractivity contribution < 1.29 is 4.74 Å². The number of nitrogens with one attached hydrogen (secondary N) is 1. The molecule has 2 aromatic rings. The summed E-state index contributed by atoms with van der Waals surface area (Å²) in [5, 5.41) is 3.28. The molecule has 1 saturated heterocycles. The van der Waals surface area contributed by atoms with Crippen LogP contribution in [-0.4, -0.2) is 46.7 Å². The van der Waals surface area contributed by atoms with Crippen LogP contribution in [0, 0.1) is 0 Å². The van der Waals surface area contributed by atoms with Crippen molar-refractivity contribution in [2.75, 3.05) is 36.5 Å². The van der Waals surface area contributed by atoms with E-state index in [1.807, 2.05) is 23.0 Å². The molecule has 0 radical (unpaired) electrons. The third-order valence-electron chi connectivity index (χ3n) is 3.47. The third kappa shape index (κ3) is 2.56. The Bertz CT molecular complexity index is 582. The average Bonchev–Trinajstić information content (AvgIpc) is 2.79. The summed E-state index contributed by atoms with van der Waals surface area (Å²) in [5.41, 5.74) is 0.903. The summed E-state index contributed by atoms with van der Waals surface area (Å²) in [6.45, 7) is 7.65. The molecule has 3 rings (SSSR count). The van der Waals surface area contributed by atoms with Crippen molar-refractivity contribution >= 4 is 17.3 Å². The lowest BCUT2D eigenvalue weighted by molar-refractivity contribution is 0.0820. The van der Waals surface area contributed by atoms with E-state index in [-0.39, 0.29) is 6.10 Å². The number of hydrogen-bond acceptors (Lipinski definition) is 5. The predicted molar refractivity (Wildman–Crippen MR) is 79.4 cm³/mol.